The number of carbonyl (C=O) groups is 1. The van der Waals surface area contributed by atoms with Gasteiger partial charge >= 0.3 is 5.97 Å². The first-order valence-electron chi connectivity index (χ1n) is 8.76. The number of hydrogen-bond acceptors (Lipinski definition) is 3. The fourth-order valence-electron chi connectivity index (χ4n) is 2.83. The number of fused-ring (bicyclic) bond motifs is 2. The van der Waals surface area contributed by atoms with E-state index in [0.29, 0.717) is 6.61 Å². The van der Waals surface area contributed by atoms with Crippen molar-refractivity contribution in [2.45, 2.75) is 63.6 Å². The molecule has 0 radical (unpaired) electrons. The van der Waals surface area contributed by atoms with E-state index in [1.54, 1.807) is 6.08 Å². The minimum absolute atomic E-state index is 0.125. The average Bonchev–Trinajstić information content (AvgIpc) is 2.57. The highest BCUT2D eigenvalue weighted by Gasteiger charge is 2.19. The molecule has 0 aliphatic carbocycles. The first-order chi connectivity index (χ1) is 11.3. The van der Waals surface area contributed by atoms with E-state index in [2.05, 4.69) is 24.8 Å². The van der Waals surface area contributed by atoms with Crippen LogP contribution < -0.4 is 0 Å². The van der Waals surface area contributed by atoms with Crippen molar-refractivity contribution in [1.82, 2.24) is 0 Å². The van der Waals surface area contributed by atoms with Crippen LogP contribution in [0.1, 0.15) is 51.4 Å². The quantitative estimate of drug-likeness (QED) is 0.482. The second-order valence-electron chi connectivity index (χ2n) is 6.17. The first-order valence-corrected chi connectivity index (χ1v) is 8.76. The van der Waals surface area contributed by atoms with E-state index in [1.807, 2.05) is 6.08 Å². The molecule has 126 valence electrons. The van der Waals surface area contributed by atoms with Gasteiger partial charge in [0, 0.05) is 6.08 Å². The van der Waals surface area contributed by atoms with E-state index in [1.165, 1.54) is 31.8 Å². The molecule has 0 spiro atoms. The van der Waals surface area contributed by atoms with Crippen molar-refractivity contribution in [1.29, 1.82) is 0 Å². The van der Waals surface area contributed by atoms with Crippen LogP contribution in [-0.4, -0.2) is 24.8 Å². The Morgan fingerprint density at radius 2 is 1.83 bits per heavy atom. The van der Waals surface area contributed by atoms with Gasteiger partial charge in [0.25, 0.3) is 0 Å². The Bertz CT molecular complexity index is 473. The highest BCUT2D eigenvalue weighted by Crippen LogP contribution is 2.22. The maximum atomic E-state index is 11.7. The fraction of sp³-hybridized carbons (Fsp3) is 0.550. The molecule has 3 heteroatoms. The van der Waals surface area contributed by atoms with Gasteiger partial charge in [-0.05, 0) is 43.8 Å². The highest BCUT2D eigenvalue weighted by molar-refractivity contribution is 5.82. The summed E-state index contributed by atoms with van der Waals surface area (Å²) in [5.41, 5.74) is 0.795. The molecule has 2 atom stereocenters. The van der Waals surface area contributed by atoms with Crippen LogP contribution >= 0.6 is 0 Å². The lowest BCUT2D eigenvalue weighted by Crippen LogP contribution is -2.25. The number of ether oxygens (including phenoxy) is 2. The summed E-state index contributed by atoms with van der Waals surface area (Å²) in [6.07, 6.45) is 20.7. The lowest BCUT2D eigenvalue weighted by molar-refractivity contribution is -0.137. The molecule has 2 aliphatic rings. The number of esters is 1. The van der Waals surface area contributed by atoms with Gasteiger partial charge in [0.2, 0.25) is 0 Å². The van der Waals surface area contributed by atoms with Crippen LogP contribution in [-0.2, 0) is 14.3 Å². The molecular weight excluding hydrogens is 288 g/mol. The molecule has 0 aromatic rings. The summed E-state index contributed by atoms with van der Waals surface area (Å²) in [6, 6.07) is 0. The van der Waals surface area contributed by atoms with Crippen molar-refractivity contribution in [2.24, 2.45) is 0 Å². The van der Waals surface area contributed by atoms with Crippen LogP contribution in [0.2, 0.25) is 0 Å². The third kappa shape index (κ3) is 7.00. The van der Waals surface area contributed by atoms with Crippen molar-refractivity contribution in [3.8, 4) is 0 Å². The molecule has 0 saturated carbocycles. The standard InChI is InChI=1S/C20H28O3/c1-17-14-15-20(21)22-16-9-7-5-3-2-4-6-8-11-18-12-10-13-19(17)23-18/h5,7,10,13-15,18-19H,1-4,6,8-9,11-12,16H2/b7-5+,15-14+. The van der Waals surface area contributed by atoms with Crippen molar-refractivity contribution in [3.63, 3.8) is 0 Å². The number of carbonyl (C=O) groups excluding carboxylic acids is 1. The van der Waals surface area contributed by atoms with E-state index in [9.17, 15) is 4.79 Å². The molecule has 23 heavy (non-hydrogen) atoms. The predicted molar refractivity (Wildman–Crippen MR) is 93.1 cm³/mol. The summed E-state index contributed by atoms with van der Waals surface area (Å²) < 4.78 is 11.2. The summed E-state index contributed by atoms with van der Waals surface area (Å²) in [4.78, 5) is 11.7. The molecule has 0 aromatic heterocycles. The van der Waals surface area contributed by atoms with Crippen LogP contribution in [0.25, 0.3) is 0 Å². The Balaban J connectivity index is 1.93. The zero-order chi connectivity index (χ0) is 16.3. The molecule has 2 aliphatic heterocycles. The molecule has 2 heterocycles. The highest BCUT2D eigenvalue weighted by atomic mass is 16.5. The van der Waals surface area contributed by atoms with Crippen LogP contribution in [0.15, 0.2) is 48.6 Å². The fourth-order valence-corrected chi connectivity index (χ4v) is 2.83. The Morgan fingerprint density at radius 1 is 1.00 bits per heavy atom. The molecule has 2 unspecified atom stereocenters. The second kappa shape index (κ2) is 10.2. The molecule has 2 rings (SSSR count). The maximum absolute atomic E-state index is 11.7. The largest absolute Gasteiger partial charge is 0.462 e. The molecule has 0 amide bonds. The molecule has 2 bridgehead atoms. The van der Waals surface area contributed by atoms with E-state index < -0.39 is 0 Å². The van der Waals surface area contributed by atoms with Crippen LogP contribution in [0.5, 0.6) is 0 Å². The minimum atomic E-state index is -0.322. The first kappa shape index (κ1) is 17.7. The zero-order valence-corrected chi connectivity index (χ0v) is 13.9. The lowest BCUT2D eigenvalue weighted by atomic mass is 10.0. The van der Waals surface area contributed by atoms with Crippen molar-refractivity contribution < 1.29 is 14.3 Å². The normalized spacial score (nSPS) is 30.8. The van der Waals surface area contributed by atoms with E-state index in [0.717, 1.165) is 31.3 Å². The molecule has 3 nitrogen and oxygen atoms in total. The van der Waals surface area contributed by atoms with Crippen molar-refractivity contribution in [2.75, 3.05) is 6.61 Å². The van der Waals surface area contributed by atoms with Gasteiger partial charge in [0.05, 0.1) is 12.7 Å². The Hall–Kier alpha value is -1.61. The summed E-state index contributed by atoms with van der Waals surface area (Å²) in [7, 11) is 0. The van der Waals surface area contributed by atoms with E-state index in [-0.39, 0.29) is 18.2 Å². The van der Waals surface area contributed by atoms with E-state index in [4.69, 9.17) is 9.47 Å². The van der Waals surface area contributed by atoms with Gasteiger partial charge in [-0.2, -0.15) is 0 Å². The third-order valence-corrected chi connectivity index (χ3v) is 4.19. The number of rotatable bonds is 0. The number of hydrogen-bond donors (Lipinski definition) is 0. The molecule has 0 N–H and O–H groups in total. The van der Waals surface area contributed by atoms with Gasteiger partial charge in [0.1, 0.15) is 6.10 Å². The summed E-state index contributed by atoms with van der Waals surface area (Å²) in [5, 5.41) is 0. The average molecular weight is 316 g/mol. The van der Waals surface area contributed by atoms with E-state index >= 15 is 0 Å². The lowest BCUT2D eigenvalue weighted by Gasteiger charge is -2.26. The van der Waals surface area contributed by atoms with Gasteiger partial charge < -0.3 is 9.47 Å². The van der Waals surface area contributed by atoms with Gasteiger partial charge in [-0.25, -0.2) is 4.79 Å². The summed E-state index contributed by atoms with van der Waals surface area (Å²) >= 11 is 0. The summed E-state index contributed by atoms with van der Waals surface area (Å²) in [6.45, 7) is 4.44. The molecule has 0 fully saturated rings. The Kier molecular flexibility index (Phi) is 7.88. The summed E-state index contributed by atoms with van der Waals surface area (Å²) in [5.74, 6) is -0.322. The maximum Gasteiger partial charge on any atom is 0.330 e. The van der Waals surface area contributed by atoms with Crippen molar-refractivity contribution in [3.05, 3.63) is 48.6 Å². The van der Waals surface area contributed by atoms with Crippen LogP contribution in [0.3, 0.4) is 0 Å². The van der Waals surface area contributed by atoms with Crippen LogP contribution in [0, 0.1) is 0 Å². The topological polar surface area (TPSA) is 35.5 Å². The van der Waals surface area contributed by atoms with Crippen molar-refractivity contribution >= 4 is 5.97 Å². The van der Waals surface area contributed by atoms with Gasteiger partial charge in [-0.3, -0.25) is 0 Å². The second-order valence-corrected chi connectivity index (χ2v) is 6.17. The third-order valence-electron chi connectivity index (χ3n) is 4.19. The monoisotopic (exact) mass is 316 g/mol. The Labute approximate surface area is 139 Å². The zero-order valence-electron chi connectivity index (χ0n) is 13.9. The smallest absolute Gasteiger partial charge is 0.330 e. The molecule has 0 saturated heterocycles. The van der Waals surface area contributed by atoms with Gasteiger partial charge in [0.15, 0.2) is 0 Å². The molecule has 0 aromatic carbocycles. The minimum Gasteiger partial charge on any atom is -0.462 e. The predicted octanol–water partition coefficient (Wildman–Crippen LogP) is 4.66. The SMILES string of the molecule is C=C1/C=C/C(=O)OCC/C=C/CCCCCCC2CC=CC1O2. The number of cyclic esters (lactones) is 1. The number of allylic oxidation sites excluding steroid dienone is 1. The van der Waals surface area contributed by atoms with Gasteiger partial charge in [-0.1, -0.05) is 50.1 Å². The van der Waals surface area contributed by atoms with Crippen LogP contribution in [0.4, 0.5) is 0 Å². The Morgan fingerprint density at radius 3 is 2.74 bits per heavy atom. The van der Waals surface area contributed by atoms with Gasteiger partial charge in [-0.15, -0.1) is 0 Å². The molecular formula is C20H28O3.